The van der Waals surface area contributed by atoms with Gasteiger partial charge in [-0.05, 0) is 45.9 Å². The van der Waals surface area contributed by atoms with Gasteiger partial charge in [0.15, 0.2) is 0 Å². The molecule has 4 nitrogen and oxygen atoms in total. The van der Waals surface area contributed by atoms with Crippen molar-refractivity contribution < 1.29 is 4.74 Å². The van der Waals surface area contributed by atoms with Crippen molar-refractivity contribution in [3.05, 3.63) is 48.3 Å². The molecule has 1 heterocycles. The second-order valence-corrected chi connectivity index (χ2v) is 6.16. The Bertz CT molecular complexity index is 528. The number of hydrogen-bond acceptors (Lipinski definition) is 3. The Hall–Kier alpha value is -1.81. The molecule has 0 aliphatic carbocycles. The summed E-state index contributed by atoms with van der Waals surface area (Å²) in [5, 5.41) is 7.81. The van der Waals surface area contributed by atoms with Crippen molar-refractivity contribution in [1.82, 2.24) is 15.1 Å². The smallest absolute Gasteiger partial charge is 0.119 e. The monoisotopic (exact) mass is 287 g/mol. The molecule has 114 valence electrons. The van der Waals surface area contributed by atoms with Crippen molar-refractivity contribution in [2.45, 2.75) is 39.3 Å². The Balaban J connectivity index is 1.61. The Morgan fingerprint density at radius 2 is 1.95 bits per heavy atom. The molecule has 2 aromatic rings. The average Bonchev–Trinajstić information content (AvgIpc) is 2.93. The molecule has 0 atom stereocenters. The Labute approximate surface area is 127 Å². The lowest BCUT2D eigenvalue weighted by Gasteiger charge is -2.18. The first-order chi connectivity index (χ1) is 10.1. The fourth-order valence-electron chi connectivity index (χ4n) is 1.95. The van der Waals surface area contributed by atoms with E-state index < -0.39 is 0 Å². The standard InChI is InChI=1S/C17H25N3O/c1-17(2,3)20-14-15(13-19-20)12-18-10-7-11-21-16-8-5-4-6-9-16/h4-6,8-9,13-14,18H,7,10-12H2,1-3H3. The van der Waals surface area contributed by atoms with E-state index in [1.165, 1.54) is 5.56 Å². The van der Waals surface area contributed by atoms with Gasteiger partial charge in [0.1, 0.15) is 5.75 Å². The topological polar surface area (TPSA) is 39.1 Å². The predicted molar refractivity (Wildman–Crippen MR) is 85.5 cm³/mol. The fourth-order valence-corrected chi connectivity index (χ4v) is 1.95. The highest BCUT2D eigenvalue weighted by Gasteiger charge is 2.13. The molecule has 0 bridgehead atoms. The highest BCUT2D eigenvalue weighted by Crippen LogP contribution is 2.13. The van der Waals surface area contributed by atoms with Crippen LogP contribution in [0.4, 0.5) is 0 Å². The van der Waals surface area contributed by atoms with E-state index in [1.54, 1.807) is 0 Å². The highest BCUT2D eigenvalue weighted by atomic mass is 16.5. The molecule has 2 rings (SSSR count). The summed E-state index contributed by atoms with van der Waals surface area (Å²) in [5.74, 6) is 0.934. The predicted octanol–water partition coefficient (Wildman–Crippen LogP) is 3.20. The first kappa shape index (κ1) is 15.6. The van der Waals surface area contributed by atoms with Crippen molar-refractivity contribution in [3.8, 4) is 5.75 Å². The molecule has 0 saturated heterocycles. The quantitative estimate of drug-likeness (QED) is 0.795. The minimum Gasteiger partial charge on any atom is -0.494 e. The van der Waals surface area contributed by atoms with Crippen LogP contribution in [0.1, 0.15) is 32.8 Å². The molecule has 0 aliphatic rings. The lowest BCUT2D eigenvalue weighted by Crippen LogP contribution is -2.22. The summed E-state index contributed by atoms with van der Waals surface area (Å²) in [4.78, 5) is 0. The van der Waals surface area contributed by atoms with Crippen molar-refractivity contribution in [2.75, 3.05) is 13.2 Å². The summed E-state index contributed by atoms with van der Waals surface area (Å²) in [6.07, 6.45) is 5.02. The molecule has 0 saturated carbocycles. The van der Waals surface area contributed by atoms with Crippen LogP contribution < -0.4 is 10.1 Å². The lowest BCUT2D eigenvalue weighted by molar-refractivity contribution is 0.308. The van der Waals surface area contributed by atoms with Crippen LogP contribution in [0, 0.1) is 0 Å². The molecule has 1 aromatic heterocycles. The summed E-state index contributed by atoms with van der Waals surface area (Å²) in [6.45, 7) is 8.97. The van der Waals surface area contributed by atoms with Gasteiger partial charge in [0.05, 0.1) is 18.3 Å². The maximum atomic E-state index is 5.65. The van der Waals surface area contributed by atoms with E-state index in [0.29, 0.717) is 0 Å². The van der Waals surface area contributed by atoms with Crippen molar-refractivity contribution >= 4 is 0 Å². The van der Waals surface area contributed by atoms with Crippen LogP contribution in [-0.4, -0.2) is 22.9 Å². The number of nitrogens with zero attached hydrogens (tertiary/aromatic N) is 2. The number of ether oxygens (including phenoxy) is 1. The van der Waals surface area contributed by atoms with Gasteiger partial charge in [0.2, 0.25) is 0 Å². The van der Waals surface area contributed by atoms with Crippen LogP contribution >= 0.6 is 0 Å². The number of para-hydroxylation sites is 1. The Morgan fingerprint density at radius 1 is 1.19 bits per heavy atom. The Morgan fingerprint density at radius 3 is 2.62 bits per heavy atom. The number of aromatic nitrogens is 2. The average molecular weight is 287 g/mol. The summed E-state index contributed by atoms with van der Waals surface area (Å²) >= 11 is 0. The van der Waals surface area contributed by atoms with E-state index in [0.717, 1.165) is 31.9 Å². The molecular weight excluding hydrogens is 262 g/mol. The van der Waals surface area contributed by atoms with E-state index in [-0.39, 0.29) is 5.54 Å². The van der Waals surface area contributed by atoms with Gasteiger partial charge < -0.3 is 10.1 Å². The third kappa shape index (κ3) is 5.23. The van der Waals surface area contributed by atoms with E-state index in [4.69, 9.17) is 4.74 Å². The SMILES string of the molecule is CC(C)(C)n1cc(CNCCCOc2ccccc2)cn1. The van der Waals surface area contributed by atoms with Crippen LogP contribution in [0.2, 0.25) is 0 Å². The van der Waals surface area contributed by atoms with Crippen molar-refractivity contribution in [1.29, 1.82) is 0 Å². The second-order valence-electron chi connectivity index (χ2n) is 6.16. The minimum absolute atomic E-state index is 0.0434. The third-order valence-electron chi connectivity index (χ3n) is 3.16. The molecule has 1 N–H and O–H groups in total. The van der Waals surface area contributed by atoms with Gasteiger partial charge in [-0.15, -0.1) is 0 Å². The Kier molecular flexibility index (Phi) is 5.39. The van der Waals surface area contributed by atoms with Gasteiger partial charge in [0.25, 0.3) is 0 Å². The first-order valence-corrected chi connectivity index (χ1v) is 7.48. The van der Waals surface area contributed by atoms with Crippen molar-refractivity contribution in [3.63, 3.8) is 0 Å². The van der Waals surface area contributed by atoms with Crippen LogP contribution in [0.25, 0.3) is 0 Å². The molecule has 0 radical (unpaired) electrons. The summed E-state index contributed by atoms with van der Waals surface area (Å²) in [6, 6.07) is 9.93. The number of benzene rings is 1. The van der Waals surface area contributed by atoms with Gasteiger partial charge in [-0.2, -0.15) is 5.10 Å². The van der Waals surface area contributed by atoms with Gasteiger partial charge in [-0.1, -0.05) is 18.2 Å². The molecule has 21 heavy (non-hydrogen) atoms. The maximum absolute atomic E-state index is 5.65. The van der Waals surface area contributed by atoms with Crippen LogP contribution in [0.5, 0.6) is 5.75 Å². The summed E-state index contributed by atoms with van der Waals surface area (Å²) < 4.78 is 7.65. The summed E-state index contributed by atoms with van der Waals surface area (Å²) in [7, 11) is 0. The fraction of sp³-hybridized carbons (Fsp3) is 0.471. The van der Waals surface area contributed by atoms with Crippen LogP contribution in [-0.2, 0) is 12.1 Å². The third-order valence-corrected chi connectivity index (χ3v) is 3.16. The number of nitrogens with one attached hydrogen (secondary N) is 1. The first-order valence-electron chi connectivity index (χ1n) is 7.48. The molecule has 4 heteroatoms. The largest absolute Gasteiger partial charge is 0.494 e. The molecule has 0 spiro atoms. The normalized spacial score (nSPS) is 11.6. The van der Waals surface area contributed by atoms with Gasteiger partial charge >= 0.3 is 0 Å². The molecular formula is C17H25N3O. The van der Waals surface area contributed by atoms with Gasteiger partial charge in [0, 0.05) is 18.3 Å². The minimum atomic E-state index is 0.0434. The molecule has 0 aliphatic heterocycles. The molecule has 0 amide bonds. The van der Waals surface area contributed by atoms with Crippen molar-refractivity contribution in [2.24, 2.45) is 0 Å². The zero-order valence-electron chi connectivity index (χ0n) is 13.2. The number of hydrogen-bond donors (Lipinski definition) is 1. The zero-order valence-corrected chi connectivity index (χ0v) is 13.2. The molecule has 0 unspecified atom stereocenters. The number of rotatable bonds is 7. The maximum Gasteiger partial charge on any atom is 0.119 e. The molecule has 0 fully saturated rings. The summed E-state index contributed by atoms with van der Waals surface area (Å²) in [5.41, 5.74) is 1.26. The van der Waals surface area contributed by atoms with E-state index >= 15 is 0 Å². The highest BCUT2D eigenvalue weighted by molar-refractivity contribution is 5.20. The molecule has 1 aromatic carbocycles. The van der Waals surface area contributed by atoms with Crippen LogP contribution in [0.3, 0.4) is 0 Å². The van der Waals surface area contributed by atoms with E-state index in [9.17, 15) is 0 Å². The van der Waals surface area contributed by atoms with E-state index in [1.807, 2.05) is 41.2 Å². The second kappa shape index (κ2) is 7.27. The van der Waals surface area contributed by atoms with E-state index in [2.05, 4.69) is 37.4 Å². The van der Waals surface area contributed by atoms with Gasteiger partial charge in [-0.3, -0.25) is 4.68 Å². The zero-order chi connectivity index (χ0) is 15.1. The van der Waals surface area contributed by atoms with Crippen LogP contribution in [0.15, 0.2) is 42.7 Å². The lowest BCUT2D eigenvalue weighted by atomic mass is 10.1. The van der Waals surface area contributed by atoms with Gasteiger partial charge in [-0.25, -0.2) is 0 Å².